The standard InChI is InChI=1S/C21H20ClFN2O.CH4N2O/c1-13-6-4-7-18(24-3)16(13)12-26-20-10-14(2)15(11-17(20)23)19-8-5-9-21(22)25-19;2-3-1-4/h4-11,24H,12H2,1-3H3;1H,2H2,(H,3,4). The minimum Gasteiger partial charge on any atom is -0.486 e. The number of benzene rings is 2. The number of pyridine rings is 1. The van der Waals surface area contributed by atoms with Gasteiger partial charge in [0.2, 0.25) is 6.41 Å². The van der Waals surface area contributed by atoms with Crippen molar-refractivity contribution in [2.75, 3.05) is 12.4 Å². The minimum atomic E-state index is -0.424. The average Bonchev–Trinajstić information content (AvgIpc) is 2.74. The summed E-state index contributed by atoms with van der Waals surface area (Å²) in [5.41, 5.74) is 7.03. The number of rotatable bonds is 6. The number of amides is 1. The Bertz CT molecular complexity index is 1010. The highest BCUT2D eigenvalue weighted by Crippen LogP contribution is 2.30. The first-order valence-corrected chi connectivity index (χ1v) is 9.51. The molecule has 0 unspecified atom stereocenters. The van der Waals surface area contributed by atoms with Gasteiger partial charge in [-0.15, -0.1) is 0 Å². The lowest BCUT2D eigenvalue weighted by Crippen LogP contribution is -2.18. The molecule has 0 aliphatic carbocycles. The molecule has 1 heterocycles. The third-order valence-corrected chi connectivity index (χ3v) is 4.60. The molecule has 0 bridgehead atoms. The summed E-state index contributed by atoms with van der Waals surface area (Å²) in [4.78, 5) is 13.2. The molecule has 0 aliphatic heterocycles. The summed E-state index contributed by atoms with van der Waals surface area (Å²) in [7, 11) is 1.86. The molecule has 1 aromatic heterocycles. The van der Waals surface area contributed by atoms with Crippen molar-refractivity contribution in [1.82, 2.24) is 10.4 Å². The zero-order valence-electron chi connectivity index (χ0n) is 17.0. The maximum Gasteiger partial charge on any atom is 0.221 e. The normalized spacial score (nSPS) is 9.93. The van der Waals surface area contributed by atoms with Crippen LogP contribution in [-0.2, 0) is 11.4 Å². The van der Waals surface area contributed by atoms with E-state index in [2.05, 4.69) is 16.1 Å². The molecule has 6 nitrogen and oxygen atoms in total. The van der Waals surface area contributed by atoms with Crippen LogP contribution < -0.4 is 21.3 Å². The Hall–Kier alpha value is -3.16. The van der Waals surface area contributed by atoms with E-state index in [1.54, 1.807) is 29.7 Å². The van der Waals surface area contributed by atoms with Crippen LogP contribution >= 0.6 is 11.6 Å². The Balaban J connectivity index is 0.000000735. The zero-order valence-corrected chi connectivity index (χ0v) is 17.8. The number of carbonyl (C=O) groups excluding carboxylic acids is 1. The van der Waals surface area contributed by atoms with Crippen LogP contribution in [-0.4, -0.2) is 18.4 Å². The number of hydrogen-bond donors (Lipinski definition) is 3. The van der Waals surface area contributed by atoms with E-state index in [4.69, 9.17) is 21.1 Å². The summed E-state index contributed by atoms with van der Waals surface area (Å²) in [5, 5.41) is 3.52. The van der Waals surface area contributed by atoms with Crippen molar-refractivity contribution >= 4 is 23.7 Å². The van der Waals surface area contributed by atoms with Gasteiger partial charge < -0.3 is 10.1 Å². The second-order valence-electron chi connectivity index (χ2n) is 6.37. The van der Waals surface area contributed by atoms with Gasteiger partial charge in [0.25, 0.3) is 0 Å². The first-order valence-electron chi connectivity index (χ1n) is 9.13. The third-order valence-electron chi connectivity index (χ3n) is 4.39. The quantitative estimate of drug-likeness (QED) is 0.177. The van der Waals surface area contributed by atoms with Crippen molar-refractivity contribution in [2.45, 2.75) is 20.5 Å². The molecule has 1 amide bonds. The van der Waals surface area contributed by atoms with Crippen LogP contribution in [0, 0.1) is 19.7 Å². The van der Waals surface area contributed by atoms with Crippen molar-refractivity contribution in [3.05, 3.63) is 76.2 Å². The van der Waals surface area contributed by atoms with Crippen molar-refractivity contribution in [1.29, 1.82) is 0 Å². The van der Waals surface area contributed by atoms with Crippen molar-refractivity contribution in [3.63, 3.8) is 0 Å². The van der Waals surface area contributed by atoms with E-state index in [0.29, 0.717) is 22.8 Å². The van der Waals surface area contributed by atoms with Crippen LogP contribution in [0.15, 0.2) is 48.5 Å². The zero-order chi connectivity index (χ0) is 22.1. The molecule has 0 aliphatic rings. The number of aryl methyl sites for hydroxylation is 2. The topological polar surface area (TPSA) is 89.3 Å². The van der Waals surface area contributed by atoms with Crippen molar-refractivity contribution in [3.8, 4) is 17.0 Å². The fraction of sp³-hybridized carbons (Fsp3) is 0.182. The molecule has 0 radical (unpaired) electrons. The van der Waals surface area contributed by atoms with E-state index in [-0.39, 0.29) is 12.4 Å². The van der Waals surface area contributed by atoms with Gasteiger partial charge in [0, 0.05) is 23.9 Å². The van der Waals surface area contributed by atoms with Crippen LogP contribution in [0.2, 0.25) is 5.15 Å². The number of anilines is 1. The highest BCUT2D eigenvalue weighted by atomic mass is 35.5. The highest BCUT2D eigenvalue weighted by Gasteiger charge is 2.13. The Morgan fingerprint density at radius 1 is 1.17 bits per heavy atom. The number of ether oxygens (including phenoxy) is 1. The molecule has 30 heavy (non-hydrogen) atoms. The Morgan fingerprint density at radius 2 is 1.87 bits per heavy atom. The van der Waals surface area contributed by atoms with E-state index in [0.717, 1.165) is 22.4 Å². The minimum absolute atomic E-state index is 0.221. The monoisotopic (exact) mass is 430 g/mol. The lowest BCUT2D eigenvalue weighted by atomic mass is 10.0. The number of carbonyl (C=O) groups is 1. The van der Waals surface area contributed by atoms with E-state index in [1.807, 2.05) is 39.1 Å². The summed E-state index contributed by atoms with van der Waals surface area (Å²) < 4.78 is 20.4. The predicted molar refractivity (Wildman–Crippen MR) is 118 cm³/mol. The SMILES string of the molecule is CNc1cccc(C)c1COc1cc(C)c(-c2cccc(Cl)n2)cc1F.NNC=O. The average molecular weight is 431 g/mol. The first-order chi connectivity index (χ1) is 14.4. The molecule has 0 fully saturated rings. The van der Waals surface area contributed by atoms with E-state index in [9.17, 15) is 4.39 Å². The van der Waals surface area contributed by atoms with E-state index >= 15 is 0 Å². The molecule has 0 spiro atoms. The summed E-state index contributed by atoms with van der Waals surface area (Å²) >= 11 is 5.94. The van der Waals surface area contributed by atoms with Crippen molar-refractivity contribution < 1.29 is 13.9 Å². The molecular formula is C22H24ClFN4O2. The highest BCUT2D eigenvalue weighted by molar-refractivity contribution is 6.29. The number of aromatic nitrogens is 1. The smallest absolute Gasteiger partial charge is 0.221 e. The maximum atomic E-state index is 14.6. The van der Waals surface area contributed by atoms with Gasteiger partial charge in [0.1, 0.15) is 11.8 Å². The lowest BCUT2D eigenvalue weighted by Gasteiger charge is -2.15. The molecule has 2 aromatic carbocycles. The lowest BCUT2D eigenvalue weighted by molar-refractivity contribution is -0.109. The van der Waals surface area contributed by atoms with Gasteiger partial charge in [-0.2, -0.15) is 0 Å². The third kappa shape index (κ3) is 5.92. The van der Waals surface area contributed by atoms with Gasteiger partial charge in [-0.1, -0.05) is 29.8 Å². The predicted octanol–water partition coefficient (Wildman–Crippen LogP) is 4.38. The number of nitrogens with two attached hydrogens (primary N) is 1. The first kappa shape index (κ1) is 23.1. The maximum absolute atomic E-state index is 14.6. The van der Waals surface area contributed by atoms with Crippen LogP contribution in [0.1, 0.15) is 16.7 Å². The molecule has 0 atom stereocenters. The number of nitrogens with zero attached hydrogens (tertiary/aromatic N) is 1. The molecule has 0 saturated heterocycles. The van der Waals surface area contributed by atoms with Gasteiger partial charge in [-0.05, 0) is 55.3 Å². The van der Waals surface area contributed by atoms with Crippen LogP contribution in [0.5, 0.6) is 5.75 Å². The number of nitrogens with one attached hydrogen (secondary N) is 2. The fourth-order valence-electron chi connectivity index (χ4n) is 2.88. The molecule has 4 N–H and O–H groups in total. The van der Waals surface area contributed by atoms with Crippen LogP contribution in [0.25, 0.3) is 11.3 Å². The molecule has 8 heteroatoms. The summed E-state index contributed by atoms with van der Waals surface area (Å²) in [6.45, 7) is 4.19. The number of hydrogen-bond acceptors (Lipinski definition) is 5. The van der Waals surface area contributed by atoms with Gasteiger partial charge in [0.05, 0.1) is 5.69 Å². The molecular weight excluding hydrogens is 407 g/mol. The Morgan fingerprint density at radius 3 is 2.50 bits per heavy atom. The second kappa shape index (κ2) is 11.1. The Labute approximate surface area is 180 Å². The number of halogens is 2. The van der Waals surface area contributed by atoms with Gasteiger partial charge >= 0.3 is 0 Å². The van der Waals surface area contributed by atoms with E-state index in [1.165, 1.54) is 6.07 Å². The van der Waals surface area contributed by atoms with Crippen molar-refractivity contribution in [2.24, 2.45) is 5.84 Å². The van der Waals surface area contributed by atoms with Crippen LogP contribution in [0.4, 0.5) is 10.1 Å². The van der Waals surface area contributed by atoms with Gasteiger partial charge in [-0.3, -0.25) is 10.2 Å². The molecule has 3 aromatic rings. The van der Waals surface area contributed by atoms with Gasteiger partial charge in [0.15, 0.2) is 11.6 Å². The summed E-state index contributed by atoms with van der Waals surface area (Å²) in [5.74, 6) is 4.21. The molecule has 0 saturated carbocycles. The molecule has 158 valence electrons. The van der Waals surface area contributed by atoms with Crippen LogP contribution in [0.3, 0.4) is 0 Å². The number of hydrazine groups is 1. The second-order valence-corrected chi connectivity index (χ2v) is 6.75. The van der Waals surface area contributed by atoms with E-state index < -0.39 is 5.82 Å². The van der Waals surface area contributed by atoms with Gasteiger partial charge in [-0.25, -0.2) is 15.2 Å². The summed E-state index contributed by atoms with van der Waals surface area (Å²) in [6.07, 6.45) is 0.403. The largest absolute Gasteiger partial charge is 0.486 e. The fourth-order valence-corrected chi connectivity index (χ4v) is 3.04. The Kier molecular flexibility index (Phi) is 8.58. The summed E-state index contributed by atoms with van der Waals surface area (Å²) in [6, 6.07) is 14.4. The molecule has 3 rings (SSSR count).